The standard InChI is InChI=1S/C16H19N5O5/c22-15(23)5-3-1-2-4-8-18-16(24)12-6-7-13(14(9-12)21(25)26)20-11-17-10-19-20/h6-7,9-11H,1-5,8H2,(H,18,24)(H,22,23). The maximum absolute atomic E-state index is 12.1. The fourth-order valence-electron chi connectivity index (χ4n) is 2.40. The van der Waals surface area contributed by atoms with Crippen LogP contribution in [0.1, 0.15) is 42.5 Å². The number of benzene rings is 1. The van der Waals surface area contributed by atoms with Gasteiger partial charge in [-0.15, -0.1) is 0 Å². The van der Waals surface area contributed by atoms with Crippen LogP contribution in [0.25, 0.3) is 5.69 Å². The summed E-state index contributed by atoms with van der Waals surface area (Å²) >= 11 is 0. The number of carboxylic acid groups (broad SMARTS) is 1. The molecule has 0 unspecified atom stereocenters. The molecule has 26 heavy (non-hydrogen) atoms. The van der Waals surface area contributed by atoms with Crippen molar-refractivity contribution in [3.05, 3.63) is 46.5 Å². The lowest BCUT2D eigenvalue weighted by Gasteiger charge is -2.07. The maximum Gasteiger partial charge on any atom is 0.303 e. The van der Waals surface area contributed by atoms with E-state index in [1.165, 1.54) is 35.5 Å². The third kappa shape index (κ3) is 5.36. The Kier molecular flexibility index (Phi) is 6.77. The van der Waals surface area contributed by atoms with E-state index in [0.29, 0.717) is 19.4 Å². The van der Waals surface area contributed by atoms with Gasteiger partial charge < -0.3 is 10.4 Å². The molecule has 0 saturated heterocycles. The first-order valence-corrected chi connectivity index (χ1v) is 8.12. The van der Waals surface area contributed by atoms with Crippen molar-refractivity contribution in [3.63, 3.8) is 0 Å². The molecule has 138 valence electrons. The normalized spacial score (nSPS) is 10.5. The maximum atomic E-state index is 12.1. The molecule has 1 aromatic heterocycles. The fraction of sp³-hybridized carbons (Fsp3) is 0.375. The number of hydrogen-bond acceptors (Lipinski definition) is 6. The number of hydrogen-bond donors (Lipinski definition) is 2. The number of amides is 1. The molecule has 1 amide bonds. The molecule has 2 aromatic rings. The van der Waals surface area contributed by atoms with Gasteiger partial charge in [-0.1, -0.05) is 12.8 Å². The van der Waals surface area contributed by atoms with E-state index in [9.17, 15) is 19.7 Å². The number of rotatable bonds is 10. The highest BCUT2D eigenvalue weighted by atomic mass is 16.6. The van der Waals surface area contributed by atoms with Gasteiger partial charge in [-0.05, 0) is 25.0 Å². The van der Waals surface area contributed by atoms with Crippen LogP contribution in [0.3, 0.4) is 0 Å². The van der Waals surface area contributed by atoms with Crippen LogP contribution in [0.5, 0.6) is 0 Å². The molecular weight excluding hydrogens is 342 g/mol. The van der Waals surface area contributed by atoms with Crippen molar-refractivity contribution in [1.82, 2.24) is 20.1 Å². The lowest BCUT2D eigenvalue weighted by Crippen LogP contribution is -2.24. The molecule has 10 heteroatoms. The highest BCUT2D eigenvalue weighted by molar-refractivity contribution is 5.95. The van der Waals surface area contributed by atoms with Gasteiger partial charge in [0.1, 0.15) is 18.3 Å². The summed E-state index contributed by atoms with van der Waals surface area (Å²) in [5.41, 5.74) is 0.172. The van der Waals surface area contributed by atoms with E-state index in [-0.39, 0.29) is 23.4 Å². The minimum Gasteiger partial charge on any atom is -0.481 e. The molecule has 0 aliphatic carbocycles. The van der Waals surface area contributed by atoms with E-state index in [1.807, 2.05) is 0 Å². The molecule has 1 heterocycles. The van der Waals surface area contributed by atoms with E-state index >= 15 is 0 Å². The third-order valence-electron chi connectivity index (χ3n) is 3.70. The Hall–Kier alpha value is -3.30. The van der Waals surface area contributed by atoms with Crippen LogP contribution in [0.4, 0.5) is 5.69 Å². The Balaban J connectivity index is 1.90. The zero-order valence-corrected chi connectivity index (χ0v) is 14.0. The summed E-state index contributed by atoms with van der Waals surface area (Å²) in [6.45, 7) is 0.421. The molecule has 2 N–H and O–H groups in total. The highest BCUT2D eigenvalue weighted by Gasteiger charge is 2.19. The van der Waals surface area contributed by atoms with Crippen LogP contribution in [0.15, 0.2) is 30.9 Å². The van der Waals surface area contributed by atoms with Gasteiger partial charge in [0.2, 0.25) is 0 Å². The first-order chi connectivity index (χ1) is 12.5. The number of nitro groups is 1. The molecule has 0 radical (unpaired) electrons. The summed E-state index contributed by atoms with van der Waals surface area (Å²) in [5, 5.41) is 26.4. The van der Waals surface area contributed by atoms with Crippen LogP contribution < -0.4 is 5.32 Å². The Morgan fingerprint density at radius 1 is 1.23 bits per heavy atom. The average Bonchev–Trinajstić information content (AvgIpc) is 3.14. The van der Waals surface area contributed by atoms with Crippen LogP contribution in [-0.2, 0) is 4.79 Å². The van der Waals surface area contributed by atoms with Crippen molar-refractivity contribution in [2.45, 2.75) is 32.1 Å². The largest absolute Gasteiger partial charge is 0.481 e. The van der Waals surface area contributed by atoms with Crippen molar-refractivity contribution in [1.29, 1.82) is 0 Å². The first-order valence-electron chi connectivity index (χ1n) is 8.12. The molecule has 0 spiro atoms. The summed E-state index contributed by atoms with van der Waals surface area (Å²) in [5.74, 6) is -1.21. The number of unbranched alkanes of at least 4 members (excludes halogenated alkanes) is 3. The van der Waals surface area contributed by atoms with Gasteiger partial charge in [0.15, 0.2) is 0 Å². The molecule has 0 saturated carbocycles. The van der Waals surface area contributed by atoms with Crippen LogP contribution in [0.2, 0.25) is 0 Å². The van der Waals surface area contributed by atoms with Crippen LogP contribution in [0, 0.1) is 10.1 Å². The zero-order valence-electron chi connectivity index (χ0n) is 14.0. The summed E-state index contributed by atoms with van der Waals surface area (Å²) in [6, 6.07) is 4.15. The zero-order chi connectivity index (χ0) is 18.9. The van der Waals surface area contributed by atoms with Crippen molar-refractivity contribution >= 4 is 17.6 Å². The van der Waals surface area contributed by atoms with Gasteiger partial charge in [-0.3, -0.25) is 19.7 Å². The van der Waals surface area contributed by atoms with Crippen molar-refractivity contribution in [2.75, 3.05) is 6.54 Å². The number of nitrogens with zero attached hydrogens (tertiary/aromatic N) is 4. The number of aliphatic carboxylic acids is 1. The Morgan fingerprint density at radius 2 is 2.00 bits per heavy atom. The van der Waals surface area contributed by atoms with Crippen molar-refractivity contribution < 1.29 is 19.6 Å². The minimum atomic E-state index is -0.811. The fourth-order valence-corrected chi connectivity index (χ4v) is 2.40. The number of carbonyl (C=O) groups excluding carboxylic acids is 1. The van der Waals surface area contributed by atoms with Gasteiger partial charge in [0, 0.05) is 24.6 Å². The number of carbonyl (C=O) groups is 2. The van der Waals surface area contributed by atoms with E-state index in [0.717, 1.165) is 12.8 Å². The van der Waals surface area contributed by atoms with Gasteiger partial charge in [0.05, 0.1) is 4.92 Å². The van der Waals surface area contributed by atoms with Gasteiger partial charge >= 0.3 is 5.97 Å². The molecular formula is C16H19N5O5. The number of nitrogens with one attached hydrogen (secondary N) is 1. The Bertz CT molecular complexity index is 775. The predicted octanol–water partition coefficient (Wildman–Crippen LogP) is 1.94. The summed E-state index contributed by atoms with van der Waals surface area (Å²) in [6.07, 6.45) is 5.66. The summed E-state index contributed by atoms with van der Waals surface area (Å²) in [4.78, 5) is 37.0. The highest BCUT2D eigenvalue weighted by Crippen LogP contribution is 2.23. The smallest absolute Gasteiger partial charge is 0.303 e. The average molecular weight is 361 g/mol. The van der Waals surface area contributed by atoms with E-state index in [1.54, 1.807) is 0 Å². The second-order valence-corrected chi connectivity index (χ2v) is 5.61. The van der Waals surface area contributed by atoms with Gasteiger partial charge in [-0.25, -0.2) is 9.67 Å². The minimum absolute atomic E-state index is 0.147. The molecule has 0 atom stereocenters. The van der Waals surface area contributed by atoms with E-state index in [4.69, 9.17) is 5.11 Å². The molecule has 1 aromatic carbocycles. The molecule has 10 nitrogen and oxygen atoms in total. The van der Waals surface area contributed by atoms with E-state index < -0.39 is 16.8 Å². The molecule has 2 rings (SSSR count). The molecule has 0 aliphatic heterocycles. The van der Waals surface area contributed by atoms with E-state index in [2.05, 4.69) is 15.4 Å². The number of aromatic nitrogens is 3. The van der Waals surface area contributed by atoms with Crippen molar-refractivity contribution in [2.24, 2.45) is 0 Å². The topological polar surface area (TPSA) is 140 Å². The Labute approximate surface area is 149 Å². The molecule has 0 fully saturated rings. The Morgan fingerprint density at radius 3 is 2.65 bits per heavy atom. The van der Waals surface area contributed by atoms with Gasteiger partial charge in [0.25, 0.3) is 11.6 Å². The summed E-state index contributed by atoms with van der Waals surface area (Å²) < 4.78 is 1.26. The lowest BCUT2D eigenvalue weighted by atomic mass is 10.1. The second kappa shape index (κ2) is 9.25. The van der Waals surface area contributed by atoms with Crippen LogP contribution in [-0.4, -0.2) is 43.2 Å². The lowest BCUT2D eigenvalue weighted by molar-refractivity contribution is -0.384. The van der Waals surface area contributed by atoms with Crippen LogP contribution >= 0.6 is 0 Å². The predicted molar refractivity (Wildman–Crippen MR) is 91.1 cm³/mol. The molecule has 0 bridgehead atoms. The monoisotopic (exact) mass is 361 g/mol. The quantitative estimate of drug-likeness (QED) is 0.374. The van der Waals surface area contributed by atoms with Gasteiger partial charge in [-0.2, -0.15) is 5.10 Å². The SMILES string of the molecule is O=C(O)CCCCCCNC(=O)c1ccc(-n2cncn2)c([N+](=O)[O-])c1. The van der Waals surface area contributed by atoms with Crippen molar-refractivity contribution in [3.8, 4) is 5.69 Å². The number of nitro benzene ring substituents is 1. The second-order valence-electron chi connectivity index (χ2n) is 5.61. The third-order valence-corrected chi connectivity index (χ3v) is 3.70. The summed E-state index contributed by atoms with van der Waals surface area (Å²) in [7, 11) is 0. The number of carboxylic acids is 1. The first kappa shape index (κ1) is 19.0. The molecule has 0 aliphatic rings.